The number of carbonyl (C=O) groups is 3. The van der Waals surface area contributed by atoms with E-state index in [1.54, 1.807) is 41.3 Å². The molecule has 0 aliphatic rings. The molecule has 7 nitrogen and oxygen atoms in total. The van der Waals surface area contributed by atoms with Crippen LogP contribution in [0.25, 0.3) is 11.1 Å². The molecule has 7 heteroatoms. The van der Waals surface area contributed by atoms with E-state index in [1.165, 1.54) is 0 Å². The summed E-state index contributed by atoms with van der Waals surface area (Å²) in [6.45, 7) is 0.331. The van der Waals surface area contributed by atoms with E-state index in [9.17, 15) is 24.6 Å². The third kappa shape index (κ3) is 7.90. The molecule has 0 heterocycles. The van der Waals surface area contributed by atoms with Crippen LogP contribution >= 0.6 is 0 Å². The largest absolute Gasteiger partial charge is 0.481 e. The van der Waals surface area contributed by atoms with Crippen LogP contribution in [0.1, 0.15) is 50.7 Å². The lowest BCUT2D eigenvalue weighted by atomic mass is 9.93. The Morgan fingerprint density at radius 3 is 1.90 bits per heavy atom. The minimum absolute atomic E-state index is 0.0668. The van der Waals surface area contributed by atoms with Gasteiger partial charge < -0.3 is 20.4 Å². The van der Waals surface area contributed by atoms with Gasteiger partial charge in [0.2, 0.25) is 0 Å². The van der Waals surface area contributed by atoms with Gasteiger partial charge in [0.25, 0.3) is 11.8 Å². The minimum Gasteiger partial charge on any atom is -0.481 e. The molecule has 0 bridgehead atoms. The van der Waals surface area contributed by atoms with Crippen molar-refractivity contribution >= 4 is 17.8 Å². The topological polar surface area (TPSA) is 107 Å². The van der Waals surface area contributed by atoms with Crippen molar-refractivity contribution in [3.8, 4) is 11.1 Å². The summed E-state index contributed by atoms with van der Waals surface area (Å²) in [6.07, 6.45) is 0.763. The fourth-order valence-corrected chi connectivity index (χ4v) is 4.82. The summed E-state index contributed by atoms with van der Waals surface area (Å²) in [6, 6.07) is 33.0. The van der Waals surface area contributed by atoms with Gasteiger partial charge in [-0.2, -0.15) is 0 Å². The van der Waals surface area contributed by atoms with E-state index in [2.05, 4.69) is 5.32 Å². The molecule has 0 fully saturated rings. The number of aliphatic carboxylic acids is 1. The summed E-state index contributed by atoms with van der Waals surface area (Å²) in [5.74, 6) is -1.60. The van der Waals surface area contributed by atoms with E-state index < -0.39 is 5.97 Å². The SMILES string of the molecule is O=C(O)CCN(CCc1ccccc1)C(=O)c1ccccc1-c1ccccc1C(=O)NC(CCO)c1ccccc1. The standard InChI is InChI=1S/C34H34N2O5/c37-24-21-31(26-13-5-2-6-14-26)35-33(40)29-17-9-7-15-27(29)28-16-8-10-18-30(28)34(41)36(23-20-32(38)39)22-19-25-11-3-1-4-12-25/h1-18,31,37H,19-24H2,(H,35,40)(H,38,39). The highest BCUT2D eigenvalue weighted by Gasteiger charge is 2.23. The third-order valence-electron chi connectivity index (χ3n) is 6.94. The van der Waals surface area contributed by atoms with Crippen molar-refractivity contribution in [3.05, 3.63) is 131 Å². The number of amides is 2. The fraction of sp³-hybridized carbons (Fsp3) is 0.206. The molecule has 1 atom stereocenters. The van der Waals surface area contributed by atoms with Gasteiger partial charge in [0.05, 0.1) is 12.5 Å². The quantitative estimate of drug-likeness (QED) is 0.208. The van der Waals surface area contributed by atoms with Gasteiger partial charge in [-0.05, 0) is 47.2 Å². The predicted octanol–water partition coefficient (Wildman–Crippen LogP) is 5.37. The Balaban J connectivity index is 1.64. The van der Waals surface area contributed by atoms with E-state index in [0.29, 0.717) is 41.6 Å². The second kappa shape index (κ2) is 14.6. The molecule has 2 amide bonds. The molecule has 210 valence electrons. The van der Waals surface area contributed by atoms with Crippen molar-refractivity contribution in [1.82, 2.24) is 10.2 Å². The van der Waals surface area contributed by atoms with Gasteiger partial charge in [-0.25, -0.2) is 0 Å². The average molecular weight is 551 g/mol. The van der Waals surface area contributed by atoms with Crippen molar-refractivity contribution in [2.75, 3.05) is 19.7 Å². The van der Waals surface area contributed by atoms with E-state index in [-0.39, 0.29) is 37.4 Å². The lowest BCUT2D eigenvalue weighted by Crippen LogP contribution is -2.35. The number of rotatable bonds is 13. The smallest absolute Gasteiger partial charge is 0.305 e. The number of carboxylic acid groups (broad SMARTS) is 1. The molecule has 1 unspecified atom stereocenters. The Kier molecular flexibility index (Phi) is 10.4. The minimum atomic E-state index is -0.978. The Bertz CT molecular complexity index is 1460. The number of aliphatic hydroxyl groups is 1. The van der Waals surface area contributed by atoms with Crippen molar-refractivity contribution in [2.24, 2.45) is 0 Å². The molecule has 0 saturated carbocycles. The maximum Gasteiger partial charge on any atom is 0.305 e. The van der Waals surface area contributed by atoms with E-state index >= 15 is 0 Å². The Morgan fingerprint density at radius 1 is 0.707 bits per heavy atom. The summed E-state index contributed by atoms with van der Waals surface area (Å²) < 4.78 is 0. The molecule has 0 aliphatic carbocycles. The van der Waals surface area contributed by atoms with Crippen LogP contribution in [0, 0.1) is 0 Å². The molecule has 4 aromatic rings. The molecule has 4 aromatic carbocycles. The van der Waals surface area contributed by atoms with Crippen molar-refractivity contribution in [3.63, 3.8) is 0 Å². The Morgan fingerprint density at radius 2 is 1.27 bits per heavy atom. The average Bonchev–Trinajstić information content (AvgIpc) is 3.01. The maximum absolute atomic E-state index is 13.9. The highest BCUT2D eigenvalue weighted by molar-refractivity contribution is 6.06. The van der Waals surface area contributed by atoms with E-state index in [4.69, 9.17) is 0 Å². The first kappa shape index (κ1) is 29.2. The third-order valence-corrected chi connectivity index (χ3v) is 6.94. The van der Waals surface area contributed by atoms with Gasteiger partial charge in [0.1, 0.15) is 0 Å². The molecule has 0 radical (unpaired) electrons. The zero-order chi connectivity index (χ0) is 29.0. The van der Waals surface area contributed by atoms with Crippen LogP contribution in [0.2, 0.25) is 0 Å². The first-order chi connectivity index (χ1) is 20.0. The number of aliphatic hydroxyl groups excluding tert-OH is 1. The molecule has 3 N–H and O–H groups in total. The zero-order valence-corrected chi connectivity index (χ0v) is 22.8. The molecule has 0 saturated heterocycles. The zero-order valence-electron chi connectivity index (χ0n) is 22.8. The molecule has 4 rings (SSSR count). The van der Waals surface area contributed by atoms with Gasteiger partial charge in [-0.15, -0.1) is 0 Å². The number of nitrogens with one attached hydrogen (secondary N) is 1. The normalized spacial score (nSPS) is 11.4. The summed E-state index contributed by atoms with van der Waals surface area (Å²) in [4.78, 5) is 40.5. The molecule has 0 spiro atoms. The second-order valence-electron chi connectivity index (χ2n) is 9.71. The van der Waals surface area contributed by atoms with Crippen LogP contribution < -0.4 is 5.32 Å². The van der Waals surface area contributed by atoms with Gasteiger partial charge in [-0.3, -0.25) is 14.4 Å². The summed E-state index contributed by atoms with van der Waals surface area (Å²) in [7, 11) is 0. The van der Waals surface area contributed by atoms with Crippen LogP contribution in [0.4, 0.5) is 0 Å². The van der Waals surface area contributed by atoms with Crippen molar-refractivity contribution < 1.29 is 24.6 Å². The van der Waals surface area contributed by atoms with Crippen LogP contribution in [-0.4, -0.2) is 52.6 Å². The second-order valence-corrected chi connectivity index (χ2v) is 9.71. The van der Waals surface area contributed by atoms with E-state index in [0.717, 1.165) is 11.1 Å². The highest BCUT2D eigenvalue weighted by Crippen LogP contribution is 2.29. The Labute approximate surface area is 240 Å². The highest BCUT2D eigenvalue weighted by atomic mass is 16.4. The lowest BCUT2D eigenvalue weighted by Gasteiger charge is -2.24. The van der Waals surface area contributed by atoms with Crippen LogP contribution in [0.5, 0.6) is 0 Å². The number of nitrogens with zero attached hydrogens (tertiary/aromatic N) is 1. The number of benzene rings is 4. The number of carbonyl (C=O) groups excluding carboxylic acids is 2. The van der Waals surface area contributed by atoms with E-state index in [1.807, 2.05) is 72.8 Å². The summed E-state index contributed by atoms with van der Waals surface area (Å²) in [5, 5.41) is 22.0. The van der Waals surface area contributed by atoms with Gasteiger partial charge in [0.15, 0.2) is 0 Å². The lowest BCUT2D eigenvalue weighted by molar-refractivity contribution is -0.137. The summed E-state index contributed by atoms with van der Waals surface area (Å²) >= 11 is 0. The molecular weight excluding hydrogens is 516 g/mol. The monoisotopic (exact) mass is 550 g/mol. The number of carboxylic acids is 1. The predicted molar refractivity (Wildman–Crippen MR) is 159 cm³/mol. The first-order valence-corrected chi connectivity index (χ1v) is 13.7. The molecule has 0 aliphatic heterocycles. The maximum atomic E-state index is 13.9. The van der Waals surface area contributed by atoms with Crippen LogP contribution in [-0.2, 0) is 11.2 Å². The van der Waals surface area contributed by atoms with Gasteiger partial charge in [0, 0.05) is 30.8 Å². The van der Waals surface area contributed by atoms with Crippen molar-refractivity contribution in [2.45, 2.75) is 25.3 Å². The Hall–Kier alpha value is -4.75. The van der Waals surface area contributed by atoms with Gasteiger partial charge in [-0.1, -0.05) is 97.1 Å². The van der Waals surface area contributed by atoms with Crippen LogP contribution in [0.3, 0.4) is 0 Å². The number of hydrogen-bond acceptors (Lipinski definition) is 4. The van der Waals surface area contributed by atoms with Gasteiger partial charge >= 0.3 is 5.97 Å². The number of hydrogen-bond donors (Lipinski definition) is 3. The fourth-order valence-electron chi connectivity index (χ4n) is 4.82. The first-order valence-electron chi connectivity index (χ1n) is 13.7. The molecular formula is C34H34N2O5. The van der Waals surface area contributed by atoms with Crippen molar-refractivity contribution in [1.29, 1.82) is 0 Å². The molecule has 0 aromatic heterocycles. The molecule has 41 heavy (non-hydrogen) atoms. The summed E-state index contributed by atoms with van der Waals surface area (Å²) in [5.41, 5.74) is 3.89. The van der Waals surface area contributed by atoms with Crippen LogP contribution in [0.15, 0.2) is 109 Å².